The van der Waals surface area contributed by atoms with Crippen molar-refractivity contribution in [2.24, 2.45) is 5.92 Å². The molecule has 0 unspecified atom stereocenters. The third kappa shape index (κ3) is 3.80. The molecule has 1 aliphatic carbocycles. The van der Waals surface area contributed by atoms with E-state index in [4.69, 9.17) is 0 Å². The maximum absolute atomic E-state index is 12.2. The van der Waals surface area contributed by atoms with E-state index in [0.29, 0.717) is 11.1 Å². The monoisotopic (exact) mass is 290 g/mol. The van der Waals surface area contributed by atoms with Gasteiger partial charge in [0, 0.05) is 23.2 Å². The van der Waals surface area contributed by atoms with Crippen LogP contribution in [0.3, 0.4) is 0 Å². The van der Waals surface area contributed by atoms with Gasteiger partial charge < -0.3 is 5.32 Å². The van der Waals surface area contributed by atoms with Gasteiger partial charge in [-0.2, -0.15) is 0 Å². The van der Waals surface area contributed by atoms with Crippen LogP contribution in [-0.2, 0) is 0 Å². The van der Waals surface area contributed by atoms with Crippen LogP contribution in [0.25, 0.3) is 0 Å². The van der Waals surface area contributed by atoms with E-state index in [1.807, 2.05) is 0 Å². The highest BCUT2D eigenvalue weighted by Crippen LogP contribution is 2.27. The van der Waals surface area contributed by atoms with Gasteiger partial charge in [-0.1, -0.05) is 13.3 Å². The molecule has 1 aliphatic rings. The van der Waals surface area contributed by atoms with Gasteiger partial charge in [0.2, 0.25) is 0 Å². The normalized spacial score (nSPS) is 21.8. The highest BCUT2D eigenvalue weighted by Gasteiger charge is 2.22. The Labute approximate surface area is 124 Å². The third-order valence-corrected chi connectivity index (χ3v) is 4.42. The number of hydrogen-bond acceptors (Lipinski definition) is 3. The smallest absolute Gasteiger partial charge is 0.272 e. The molecule has 1 amide bonds. The van der Waals surface area contributed by atoms with Crippen molar-refractivity contribution in [1.29, 1.82) is 0 Å². The fraction of sp³-hybridized carbons (Fsp3) is 0.562. The Morgan fingerprint density at radius 1 is 1.33 bits per heavy atom. The van der Waals surface area contributed by atoms with E-state index in [1.54, 1.807) is 13.0 Å². The van der Waals surface area contributed by atoms with Gasteiger partial charge in [0.05, 0.1) is 4.92 Å². The maximum Gasteiger partial charge on any atom is 0.272 e. The van der Waals surface area contributed by atoms with E-state index >= 15 is 0 Å². The predicted molar refractivity (Wildman–Crippen MR) is 81.3 cm³/mol. The molecule has 1 saturated carbocycles. The fourth-order valence-electron chi connectivity index (χ4n) is 2.99. The molecule has 0 aliphatic heterocycles. The maximum atomic E-state index is 12.2. The molecule has 2 rings (SSSR count). The quantitative estimate of drug-likeness (QED) is 0.680. The van der Waals surface area contributed by atoms with Crippen molar-refractivity contribution in [3.63, 3.8) is 0 Å². The second-order valence-corrected chi connectivity index (χ2v) is 5.86. The molecular formula is C16H22N2O3. The summed E-state index contributed by atoms with van der Waals surface area (Å²) in [4.78, 5) is 22.6. The summed E-state index contributed by atoms with van der Waals surface area (Å²) >= 11 is 0. The van der Waals surface area contributed by atoms with Gasteiger partial charge in [-0.25, -0.2) is 0 Å². The number of nitrogens with zero attached hydrogens (tertiary/aromatic N) is 1. The molecule has 1 fully saturated rings. The first-order chi connectivity index (χ1) is 10.0. The predicted octanol–water partition coefficient (Wildman–Crippen LogP) is 3.60. The summed E-state index contributed by atoms with van der Waals surface area (Å²) in [5, 5.41) is 13.8. The Balaban J connectivity index is 1.98. The Hall–Kier alpha value is -1.91. The first-order valence-electron chi connectivity index (χ1n) is 7.57. The van der Waals surface area contributed by atoms with Gasteiger partial charge in [0.15, 0.2) is 0 Å². The van der Waals surface area contributed by atoms with E-state index < -0.39 is 4.92 Å². The molecule has 0 spiro atoms. The van der Waals surface area contributed by atoms with Gasteiger partial charge in [0.25, 0.3) is 11.6 Å². The summed E-state index contributed by atoms with van der Waals surface area (Å²) < 4.78 is 0. The number of aryl methyl sites for hydroxylation is 1. The molecule has 5 heteroatoms. The topological polar surface area (TPSA) is 72.2 Å². The number of benzene rings is 1. The summed E-state index contributed by atoms with van der Waals surface area (Å²) in [5.74, 6) is 0.660. The van der Waals surface area contributed by atoms with Crippen LogP contribution in [-0.4, -0.2) is 16.9 Å². The SMILES string of the molecule is CCC1CCC(NC(=O)c2ccc([N+](=O)[O-])c(C)c2)CC1. The summed E-state index contributed by atoms with van der Waals surface area (Å²) in [7, 11) is 0. The Morgan fingerprint density at radius 3 is 2.52 bits per heavy atom. The van der Waals surface area contributed by atoms with Crippen LogP contribution in [0.5, 0.6) is 0 Å². The Kier molecular flexibility index (Phi) is 4.94. The van der Waals surface area contributed by atoms with Gasteiger partial charge in [0.1, 0.15) is 0 Å². The molecule has 21 heavy (non-hydrogen) atoms. The molecule has 0 heterocycles. The average Bonchev–Trinajstić information content (AvgIpc) is 2.47. The number of nitro groups is 1. The summed E-state index contributed by atoms with van der Waals surface area (Å²) in [6.45, 7) is 3.87. The van der Waals surface area contributed by atoms with E-state index in [2.05, 4.69) is 12.2 Å². The van der Waals surface area contributed by atoms with Crippen LogP contribution < -0.4 is 5.32 Å². The van der Waals surface area contributed by atoms with E-state index in [0.717, 1.165) is 18.8 Å². The van der Waals surface area contributed by atoms with Crippen LogP contribution >= 0.6 is 0 Å². The molecule has 0 radical (unpaired) electrons. The molecule has 0 atom stereocenters. The molecule has 1 aromatic carbocycles. The second kappa shape index (κ2) is 6.70. The number of rotatable bonds is 4. The van der Waals surface area contributed by atoms with Crippen LogP contribution in [0.2, 0.25) is 0 Å². The highest BCUT2D eigenvalue weighted by molar-refractivity contribution is 5.94. The standard InChI is InChI=1S/C16H22N2O3/c1-3-12-4-7-14(8-5-12)17-16(19)13-6-9-15(18(20)21)11(2)10-13/h6,9-10,12,14H,3-5,7-8H2,1-2H3,(H,17,19). The lowest BCUT2D eigenvalue weighted by Gasteiger charge is -2.28. The van der Waals surface area contributed by atoms with Gasteiger partial charge in [-0.15, -0.1) is 0 Å². The second-order valence-electron chi connectivity index (χ2n) is 5.86. The molecule has 1 aromatic rings. The highest BCUT2D eigenvalue weighted by atomic mass is 16.6. The zero-order valence-electron chi connectivity index (χ0n) is 12.6. The number of amides is 1. The number of hydrogen-bond donors (Lipinski definition) is 1. The summed E-state index contributed by atoms with van der Waals surface area (Å²) in [6, 6.07) is 4.75. The lowest BCUT2D eigenvalue weighted by atomic mass is 9.84. The minimum absolute atomic E-state index is 0.0509. The summed E-state index contributed by atoms with van der Waals surface area (Å²) in [6.07, 6.45) is 5.59. The van der Waals surface area contributed by atoms with Crippen molar-refractivity contribution in [2.45, 2.75) is 52.0 Å². The first-order valence-corrected chi connectivity index (χ1v) is 7.57. The van der Waals surface area contributed by atoms with Crippen LogP contribution in [0, 0.1) is 23.0 Å². The summed E-state index contributed by atoms with van der Waals surface area (Å²) in [5.41, 5.74) is 1.06. The van der Waals surface area contributed by atoms with Gasteiger partial charge in [-0.05, 0) is 50.7 Å². The molecule has 0 aromatic heterocycles. The van der Waals surface area contributed by atoms with E-state index in [-0.39, 0.29) is 17.6 Å². The molecule has 0 saturated heterocycles. The molecular weight excluding hydrogens is 268 g/mol. The first kappa shape index (κ1) is 15.5. The zero-order valence-corrected chi connectivity index (χ0v) is 12.6. The largest absolute Gasteiger partial charge is 0.349 e. The Bertz CT molecular complexity index is 534. The third-order valence-electron chi connectivity index (χ3n) is 4.42. The number of carbonyl (C=O) groups is 1. The van der Waals surface area contributed by atoms with Crippen molar-refractivity contribution in [1.82, 2.24) is 5.32 Å². The van der Waals surface area contributed by atoms with Crippen molar-refractivity contribution >= 4 is 11.6 Å². The molecule has 114 valence electrons. The van der Waals surface area contributed by atoms with E-state index in [1.165, 1.54) is 31.4 Å². The Morgan fingerprint density at radius 2 is 2.00 bits per heavy atom. The minimum atomic E-state index is -0.428. The lowest BCUT2D eigenvalue weighted by Crippen LogP contribution is -2.37. The molecule has 1 N–H and O–H groups in total. The number of carbonyl (C=O) groups excluding carboxylic acids is 1. The van der Waals surface area contributed by atoms with Crippen molar-refractivity contribution in [2.75, 3.05) is 0 Å². The van der Waals surface area contributed by atoms with Crippen molar-refractivity contribution < 1.29 is 9.72 Å². The van der Waals surface area contributed by atoms with Crippen molar-refractivity contribution in [3.05, 3.63) is 39.4 Å². The number of nitro benzene ring substituents is 1. The van der Waals surface area contributed by atoms with Crippen LogP contribution in [0.1, 0.15) is 54.9 Å². The van der Waals surface area contributed by atoms with Crippen molar-refractivity contribution in [3.8, 4) is 0 Å². The lowest BCUT2D eigenvalue weighted by molar-refractivity contribution is -0.385. The zero-order chi connectivity index (χ0) is 15.4. The molecule has 0 bridgehead atoms. The molecule has 5 nitrogen and oxygen atoms in total. The number of nitrogens with one attached hydrogen (secondary N) is 1. The van der Waals surface area contributed by atoms with Crippen LogP contribution in [0.4, 0.5) is 5.69 Å². The fourth-order valence-corrected chi connectivity index (χ4v) is 2.99. The average molecular weight is 290 g/mol. The van der Waals surface area contributed by atoms with Gasteiger partial charge >= 0.3 is 0 Å². The minimum Gasteiger partial charge on any atom is -0.349 e. The van der Waals surface area contributed by atoms with Gasteiger partial charge in [-0.3, -0.25) is 14.9 Å². The van der Waals surface area contributed by atoms with E-state index in [9.17, 15) is 14.9 Å². The van der Waals surface area contributed by atoms with Crippen LogP contribution in [0.15, 0.2) is 18.2 Å².